The second kappa shape index (κ2) is 5.01. The first-order chi connectivity index (χ1) is 9.24. The molecule has 20 heavy (non-hydrogen) atoms. The molecule has 1 aliphatic rings. The number of carboxylic acid groups (broad SMARTS) is 1. The minimum absolute atomic E-state index is 0.00998. The first-order valence-electron chi connectivity index (χ1n) is 5.65. The van der Waals surface area contributed by atoms with Gasteiger partial charge in [-0.25, -0.2) is 0 Å². The van der Waals surface area contributed by atoms with Crippen LogP contribution in [0.4, 0.5) is 13.2 Å². The van der Waals surface area contributed by atoms with E-state index in [2.05, 4.69) is 6.58 Å². The summed E-state index contributed by atoms with van der Waals surface area (Å²) < 4.78 is 43.7. The van der Waals surface area contributed by atoms with Gasteiger partial charge in [0.25, 0.3) is 0 Å². The number of hydrogen-bond acceptors (Lipinski definition) is 2. The molecule has 1 heterocycles. The number of aliphatic carboxylic acids is 1. The lowest BCUT2D eigenvalue weighted by Crippen LogP contribution is -2.47. The lowest BCUT2D eigenvalue weighted by atomic mass is 9.89. The molecule has 7 heteroatoms. The predicted molar refractivity (Wildman–Crippen MR) is 66.8 cm³/mol. The first kappa shape index (κ1) is 14.7. The lowest BCUT2D eigenvalue weighted by molar-refractivity contribution is -0.217. The van der Waals surface area contributed by atoms with E-state index in [1.807, 2.05) is 0 Å². The molecular formula is C13H10ClF3O3. The van der Waals surface area contributed by atoms with Crippen molar-refractivity contribution >= 4 is 23.6 Å². The molecule has 108 valence electrons. The number of rotatable bonds is 2. The van der Waals surface area contributed by atoms with Crippen molar-refractivity contribution in [3.05, 3.63) is 34.9 Å². The minimum atomic E-state index is -4.77. The van der Waals surface area contributed by atoms with E-state index in [-0.39, 0.29) is 17.2 Å². The Balaban J connectivity index is 2.53. The number of benzene rings is 1. The zero-order valence-electron chi connectivity index (χ0n) is 10.1. The maximum absolute atomic E-state index is 12.9. The Bertz CT molecular complexity index is 569. The van der Waals surface area contributed by atoms with Gasteiger partial charge in [0, 0.05) is 10.6 Å². The third kappa shape index (κ3) is 2.60. The molecule has 1 aliphatic heterocycles. The van der Waals surface area contributed by atoms with Crippen LogP contribution in [-0.4, -0.2) is 23.4 Å². The maximum Gasteiger partial charge on any atom is 0.426 e. The third-order valence-electron chi connectivity index (χ3n) is 3.07. The van der Waals surface area contributed by atoms with Gasteiger partial charge in [0.15, 0.2) is 0 Å². The molecule has 0 unspecified atom stereocenters. The van der Waals surface area contributed by atoms with Crippen LogP contribution in [-0.2, 0) is 11.2 Å². The molecule has 1 aromatic rings. The van der Waals surface area contributed by atoms with Gasteiger partial charge in [-0.3, -0.25) is 4.79 Å². The average molecular weight is 307 g/mol. The summed E-state index contributed by atoms with van der Waals surface area (Å²) in [5.41, 5.74) is 0.644. The van der Waals surface area contributed by atoms with Gasteiger partial charge in [-0.1, -0.05) is 24.3 Å². The molecular weight excluding hydrogens is 297 g/mol. The standard InChI is InChI=1S/C13H10ClF3O3/c1-2-6-3-8(14)4-7-5-9(12(18)19)11(13(15,16)17)20-10(6)7/h2-4,9,11H,1,5H2,(H,18,19)/t9-,11+/m1/s1. The summed E-state index contributed by atoms with van der Waals surface area (Å²) in [6.45, 7) is 3.49. The SMILES string of the molecule is C=Cc1cc(Cl)cc2c1O[C@H](C(F)(F)F)[C@H](C(=O)O)C2. The highest BCUT2D eigenvalue weighted by molar-refractivity contribution is 6.30. The van der Waals surface area contributed by atoms with Crippen molar-refractivity contribution in [1.29, 1.82) is 0 Å². The summed E-state index contributed by atoms with van der Waals surface area (Å²) in [7, 11) is 0. The fraction of sp³-hybridized carbons (Fsp3) is 0.308. The van der Waals surface area contributed by atoms with Gasteiger partial charge in [-0.05, 0) is 24.1 Å². The topological polar surface area (TPSA) is 46.5 Å². The molecule has 1 aromatic carbocycles. The molecule has 0 bridgehead atoms. The van der Waals surface area contributed by atoms with Crippen LogP contribution in [0.1, 0.15) is 11.1 Å². The van der Waals surface area contributed by atoms with E-state index in [0.717, 1.165) is 0 Å². The molecule has 0 amide bonds. The van der Waals surface area contributed by atoms with E-state index >= 15 is 0 Å². The van der Waals surface area contributed by atoms with Gasteiger partial charge >= 0.3 is 12.1 Å². The van der Waals surface area contributed by atoms with Crippen molar-refractivity contribution in [2.24, 2.45) is 5.92 Å². The Morgan fingerprint density at radius 3 is 2.65 bits per heavy atom. The van der Waals surface area contributed by atoms with E-state index in [0.29, 0.717) is 11.1 Å². The molecule has 2 atom stereocenters. The molecule has 0 fully saturated rings. The Morgan fingerprint density at radius 2 is 2.15 bits per heavy atom. The highest BCUT2D eigenvalue weighted by Crippen LogP contribution is 2.41. The number of carboxylic acids is 1. The maximum atomic E-state index is 12.9. The second-order valence-corrected chi connectivity index (χ2v) is 4.85. The van der Waals surface area contributed by atoms with Crippen molar-refractivity contribution < 1.29 is 27.8 Å². The average Bonchev–Trinajstić information content (AvgIpc) is 2.34. The summed E-state index contributed by atoms with van der Waals surface area (Å²) in [5, 5.41) is 9.25. The second-order valence-electron chi connectivity index (χ2n) is 4.42. The molecule has 3 nitrogen and oxygen atoms in total. The monoisotopic (exact) mass is 306 g/mol. The quantitative estimate of drug-likeness (QED) is 0.909. The van der Waals surface area contributed by atoms with Crippen LogP contribution in [0, 0.1) is 5.92 Å². The normalized spacial score (nSPS) is 21.8. The molecule has 2 rings (SSSR count). The molecule has 0 saturated heterocycles. The number of halogens is 4. The van der Waals surface area contributed by atoms with Gasteiger partial charge in [-0.2, -0.15) is 13.2 Å². The number of ether oxygens (including phenoxy) is 1. The van der Waals surface area contributed by atoms with Crippen LogP contribution in [0.5, 0.6) is 5.75 Å². The highest BCUT2D eigenvalue weighted by atomic mass is 35.5. The summed E-state index contributed by atoms with van der Waals surface area (Å²) in [6.07, 6.45) is -6.12. The molecule has 1 N–H and O–H groups in total. The predicted octanol–water partition coefficient (Wildman–Crippen LogP) is 3.55. The van der Waals surface area contributed by atoms with Gasteiger partial charge in [0.1, 0.15) is 11.7 Å². The van der Waals surface area contributed by atoms with Crippen molar-refractivity contribution in [2.45, 2.75) is 18.7 Å². The largest absolute Gasteiger partial charge is 0.481 e. The number of fused-ring (bicyclic) bond motifs is 1. The van der Waals surface area contributed by atoms with Crippen LogP contribution in [0.2, 0.25) is 5.02 Å². The van der Waals surface area contributed by atoms with E-state index in [1.54, 1.807) is 0 Å². The highest BCUT2D eigenvalue weighted by Gasteiger charge is 2.52. The van der Waals surface area contributed by atoms with Gasteiger partial charge in [0.05, 0.1) is 0 Å². The zero-order chi connectivity index (χ0) is 15.1. The number of alkyl halides is 3. The Hall–Kier alpha value is -1.69. The van der Waals surface area contributed by atoms with E-state index in [4.69, 9.17) is 21.4 Å². The van der Waals surface area contributed by atoms with Crippen LogP contribution in [0.3, 0.4) is 0 Å². The molecule has 0 saturated carbocycles. The fourth-order valence-corrected chi connectivity index (χ4v) is 2.43. The molecule has 0 spiro atoms. The molecule has 0 radical (unpaired) electrons. The smallest absolute Gasteiger partial charge is 0.426 e. The van der Waals surface area contributed by atoms with E-state index in [9.17, 15) is 18.0 Å². The van der Waals surface area contributed by atoms with Crippen molar-refractivity contribution in [3.63, 3.8) is 0 Å². The summed E-state index contributed by atoms with van der Waals surface area (Å²) in [6, 6.07) is 2.83. The van der Waals surface area contributed by atoms with Gasteiger partial charge < -0.3 is 9.84 Å². The van der Waals surface area contributed by atoms with Crippen LogP contribution < -0.4 is 4.74 Å². The Morgan fingerprint density at radius 1 is 1.50 bits per heavy atom. The molecule has 0 aliphatic carbocycles. The van der Waals surface area contributed by atoms with E-state index in [1.165, 1.54) is 18.2 Å². The summed E-state index contributed by atoms with van der Waals surface area (Å²) in [4.78, 5) is 11.0. The zero-order valence-corrected chi connectivity index (χ0v) is 10.8. The van der Waals surface area contributed by atoms with Gasteiger partial charge in [0.2, 0.25) is 6.10 Å². The summed E-state index contributed by atoms with van der Waals surface area (Å²) >= 11 is 5.84. The van der Waals surface area contributed by atoms with Crippen LogP contribution >= 0.6 is 11.6 Å². The van der Waals surface area contributed by atoms with Crippen LogP contribution in [0.25, 0.3) is 6.08 Å². The third-order valence-corrected chi connectivity index (χ3v) is 3.29. The fourth-order valence-electron chi connectivity index (χ4n) is 2.18. The van der Waals surface area contributed by atoms with E-state index < -0.39 is 24.2 Å². The molecule has 0 aromatic heterocycles. The first-order valence-corrected chi connectivity index (χ1v) is 6.03. The Labute approximate surface area is 117 Å². The van der Waals surface area contributed by atoms with Crippen LogP contribution in [0.15, 0.2) is 18.7 Å². The lowest BCUT2D eigenvalue weighted by Gasteiger charge is -2.33. The summed E-state index contributed by atoms with van der Waals surface area (Å²) in [5.74, 6) is -3.26. The Kier molecular flexibility index (Phi) is 3.69. The van der Waals surface area contributed by atoms with Crippen molar-refractivity contribution in [2.75, 3.05) is 0 Å². The van der Waals surface area contributed by atoms with Crippen molar-refractivity contribution in [3.8, 4) is 5.75 Å². The number of hydrogen-bond donors (Lipinski definition) is 1. The van der Waals surface area contributed by atoms with Crippen molar-refractivity contribution in [1.82, 2.24) is 0 Å². The number of carbonyl (C=O) groups is 1. The van der Waals surface area contributed by atoms with Gasteiger partial charge in [-0.15, -0.1) is 0 Å². The minimum Gasteiger partial charge on any atom is -0.481 e.